The molecule has 2 aromatic heterocycles. The number of halogens is 1. The number of hydrogen-bond acceptors (Lipinski definition) is 5. The van der Waals surface area contributed by atoms with Gasteiger partial charge in [0.05, 0.1) is 16.4 Å². The number of carbonyl (C=O) groups is 1. The van der Waals surface area contributed by atoms with E-state index >= 15 is 0 Å². The summed E-state index contributed by atoms with van der Waals surface area (Å²) in [6.45, 7) is 2.60. The lowest BCUT2D eigenvalue weighted by molar-refractivity contribution is 0.0755. The zero-order valence-electron chi connectivity index (χ0n) is 16.7. The van der Waals surface area contributed by atoms with Crippen molar-refractivity contribution in [3.63, 3.8) is 0 Å². The Kier molecular flexibility index (Phi) is 5.47. The van der Waals surface area contributed by atoms with Gasteiger partial charge in [-0.1, -0.05) is 12.1 Å². The first-order valence-electron chi connectivity index (χ1n) is 9.60. The van der Waals surface area contributed by atoms with Crippen molar-refractivity contribution in [1.82, 2.24) is 19.8 Å². The summed E-state index contributed by atoms with van der Waals surface area (Å²) >= 11 is 1.64. The zero-order chi connectivity index (χ0) is 20.5. The number of carbonyl (C=O) groups excluding carboxylic acids is 1. The summed E-state index contributed by atoms with van der Waals surface area (Å²) in [5.41, 5.74) is 1.08. The number of likely N-dealkylation sites (tertiary alicyclic amines) is 1. The monoisotopic (exact) mass is 413 g/mol. The summed E-state index contributed by atoms with van der Waals surface area (Å²) in [6.07, 6.45) is 3.17. The third-order valence-corrected chi connectivity index (χ3v) is 6.28. The summed E-state index contributed by atoms with van der Waals surface area (Å²) in [5, 5.41) is 5.81. The number of piperidine rings is 1. The third kappa shape index (κ3) is 4.23. The molecule has 0 radical (unpaired) electrons. The van der Waals surface area contributed by atoms with Crippen LogP contribution in [0.1, 0.15) is 11.4 Å². The summed E-state index contributed by atoms with van der Waals surface area (Å²) in [7, 11) is 3.74. The van der Waals surface area contributed by atoms with Crippen molar-refractivity contribution in [3.8, 4) is 10.4 Å². The Labute approximate surface area is 173 Å². The molecule has 0 saturated carbocycles. The maximum Gasteiger partial charge on any atom is 0.323 e. The Morgan fingerprint density at radius 1 is 1.24 bits per heavy atom. The molecule has 0 aliphatic carbocycles. The molecule has 2 atom stereocenters. The predicted molar refractivity (Wildman–Crippen MR) is 115 cm³/mol. The highest BCUT2D eigenvalue weighted by Gasteiger charge is 2.32. The number of amides is 2. The molecule has 3 aromatic rings. The van der Waals surface area contributed by atoms with Gasteiger partial charge in [0.2, 0.25) is 0 Å². The van der Waals surface area contributed by atoms with Crippen LogP contribution in [-0.2, 0) is 0 Å². The molecular weight excluding hydrogens is 389 g/mol. The molecule has 1 N–H and O–H groups in total. The lowest BCUT2D eigenvalue weighted by atomic mass is 10.0. The number of nitrogens with zero attached hydrogens (tertiary/aromatic N) is 4. The number of pyridine rings is 1. The highest BCUT2D eigenvalue weighted by Crippen LogP contribution is 2.29. The van der Waals surface area contributed by atoms with Crippen LogP contribution in [0.25, 0.3) is 21.2 Å². The van der Waals surface area contributed by atoms with E-state index in [0.717, 1.165) is 26.2 Å². The lowest BCUT2D eigenvalue weighted by Gasteiger charge is -2.37. The molecule has 6 nitrogen and oxygen atoms in total. The molecule has 1 aliphatic heterocycles. The van der Waals surface area contributed by atoms with Crippen LogP contribution >= 0.6 is 11.3 Å². The highest BCUT2D eigenvalue weighted by molar-refractivity contribution is 7.15. The predicted octanol–water partition coefficient (Wildman–Crippen LogP) is 4.17. The van der Waals surface area contributed by atoms with Gasteiger partial charge in [0.1, 0.15) is 12.0 Å². The molecule has 1 aliphatic rings. The molecule has 0 spiro atoms. The van der Waals surface area contributed by atoms with Gasteiger partial charge in [-0.05, 0) is 50.5 Å². The van der Waals surface area contributed by atoms with E-state index in [1.54, 1.807) is 17.5 Å². The number of alkyl halides is 1. The largest absolute Gasteiger partial charge is 0.323 e. The van der Waals surface area contributed by atoms with Gasteiger partial charge in [-0.25, -0.2) is 19.2 Å². The molecular formula is C21H24FN5OS. The van der Waals surface area contributed by atoms with E-state index in [1.165, 1.54) is 4.90 Å². The van der Waals surface area contributed by atoms with E-state index in [1.807, 2.05) is 50.3 Å². The minimum absolute atomic E-state index is 0.0944. The Balaban J connectivity index is 1.50. The fourth-order valence-corrected chi connectivity index (χ4v) is 4.48. The van der Waals surface area contributed by atoms with Gasteiger partial charge in [-0.15, -0.1) is 11.3 Å². The van der Waals surface area contributed by atoms with Crippen molar-refractivity contribution >= 4 is 34.0 Å². The Morgan fingerprint density at radius 3 is 2.76 bits per heavy atom. The van der Waals surface area contributed by atoms with Crippen molar-refractivity contribution in [3.05, 3.63) is 41.7 Å². The summed E-state index contributed by atoms with van der Waals surface area (Å²) in [5.74, 6) is 0.463. The van der Waals surface area contributed by atoms with Gasteiger partial charge in [0, 0.05) is 30.4 Å². The fourth-order valence-electron chi connectivity index (χ4n) is 3.70. The molecule has 1 saturated heterocycles. The first-order chi connectivity index (χ1) is 13.9. The maximum atomic E-state index is 14.4. The standard InChI is InChI=1S/C21H24FN5OS/c1-13-23-11-19(29-13)14-4-5-15-10-24-20(9-16(15)8-14)25-21(28)27-7-6-18(26(2)3)17(22)12-27/h4-5,8-11,17-18H,6-7,12H2,1-3H3,(H,24,25,28)/t17-,18-/m0/s1. The molecule has 4 rings (SSSR count). The van der Waals surface area contributed by atoms with E-state index < -0.39 is 6.17 Å². The quantitative estimate of drug-likeness (QED) is 0.700. The van der Waals surface area contributed by atoms with Crippen molar-refractivity contribution in [2.45, 2.75) is 25.6 Å². The Morgan fingerprint density at radius 2 is 2.07 bits per heavy atom. The maximum absolute atomic E-state index is 14.4. The number of benzene rings is 1. The number of urea groups is 1. The number of anilines is 1. The average molecular weight is 414 g/mol. The SMILES string of the molecule is Cc1ncc(-c2ccc3cnc(NC(=O)N4CC[C@H](N(C)C)[C@@H](F)C4)cc3c2)s1. The minimum Gasteiger partial charge on any atom is -0.321 e. The molecule has 152 valence electrons. The number of aromatic nitrogens is 2. The first-order valence-corrected chi connectivity index (χ1v) is 10.4. The fraction of sp³-hybridized carbons (Fsp3) is 0.381. The number of aryl methyl sites for hydroxylation is 1. The van der Waals surface area contributed by atoms with Gasteiger partial charge < -0.3 is 9.80 Å². The number of hydrogen-bond donors (Lipinski definition) is 1. The minimum atomic E-state index is -1.06. The summed E-state index contributed by atoms with van der Waals surface area (Å²) in [4.78, 5) is 25.8. The lowest BCUT2D eigenvalue weighted by Crippen LogP contribution is -2.52. The second-order valence-corrected chi connectivity index (χ2v) is 8.82. The van der Waals surface area contributed by atoms with Crippen molar-refractivity contribution in [2.24, 2.45) is 0 Å². The molecule has 29 heavy (non-hydrogen) atoms. The van der Waals surface area contributed by atoms with Gasteiger partial charge in [0.25, 0.3) is 0 Å². The molecule has 0 bridgehead atoms. The Bertz CT molecular complexity index is 1040. The van der Waals surface area contributed by atoms with E-state index in [-0.39, 0.29) is 18.6 Å². The number of thiazole rings is 1. The van der Waals surface area contributed by atoms with E-state index in [4.69, 9.17) is 0 Å². The second-order valence-electron chi connectivity index (χ2n) is 7.59. The second kappa shape index (κ2) is 8.04. The topological polar surface area (TPSA) is 61.4 Å². The van der Waals surface area contributed by atoms with Crippen LogP contribution in [0.5, 0.6) is 0 Å². The van der Waals surface area contributed by atoms with Gasteiger partial charge in [-0.3, -0.25) is 5.32 Å². The molecule has 1 aromatic carbocycles. The number of rotatable bonds is 3. The highest BCUT2D eigenvalue weighted by atomic mass is 32.1. The van der Waals surface area contributed by atoms with Crippen LogP contribution in [0, 0.1) is 6.92 Å². The zero-order valence-corrected chi connectivity index (χ0v) is 17.5. The van der Waals surface area contributed by atoms with Gasteiger partial charge >= 0.3 is 6.03 Å². The summed E-state index contributed by atoms with van der Waals surface area (Å²) < 4.78 is 14.4. The van der Waals surface area contributed by atoms with Crippen molar-refractivity contribution in [1.29, 1.82) is 0 Å². The number of nitrogens with one attached hydrogen (secondary N) is 1. The van der Waals surface area contributed by atoms with Gasteiger partial charge in [-0.2, -0.15) is 0 Å². The average Bonchev–Trinajstić information content (AvgIpc) is 3.13. The van der Waals surface area contributed by atoms with Crippen molar-refractivity contribution in [2.75, 3.05) is 32.5 Å². The smallest absolute Gasteiger partial charge is 0.321 e. The number of fused-ring (bicyclic) bond motifs is 1. The van der Waals surface area contributed by atoms with Crippen LogP contribution in [0.15, 0.2) is 36.7 Å². The normalized spacial score (nSPS) is 19.7. The molecule has 3 heterocycles. The third-order valence-electron chi connectivity index (χ3n) is 5.32. The van der Waals surface area contributed by atoms with E-state index in [2.05, 4.69) is 21.4 Å². The van der Waals surface area contributed by atoms with E-state index in [9.17, 15) is 9.18 Å². The van der Waals surface area contributed by atoms with Crippen LogP contribution < -0.4 is 5.32 Å². The molecule has 0 unspecified atom stereocenters. The van der Waals surface area contributed by atoms with Gasteiger partial charge in [0.15, 0.2) is 0 Å². The van der Waals surface area contributed by atoms with Crippen LogP contribution in [0.3, 0.4) is 0 Å². The summed E-state index contributed by atoms with van der Waals surface area (Å²) in [6, 6.07) is 7.52. The molecule has 1 fully saturated rings. The Hall–Kier alpha value is -2.58. The van der Waals surface area contributed by atoms with E-state index in [0.29, 0.717) is 18.8 Å². The molecule has 8 heteroatoms. The van der Waals surface area contributed by atoms with Crippen LogP contribution in [0.2, 0.25) is 0 Å². The van der Waals surface area contributed by atoms with Crippen molar-refractivity contribution < 1.29 is 9.18 Å². The van der Waals surface area contributed by atoms with Crippen LogP contribution in [0.4, 0.5) is 15.0 Å². The van der Waals surface area contributed by atoms with Crippen LogP contribution in [-0.4, -0.2) is 65.2 Å². The molecule has 2 amide bonds. The first kappa shape index (κ1) is 19.7.